The van der Waals surface area contributed by atoms with E-state index in [4.69, 9.17) is 9.47 Å². The smallest absolute Gasteiger partial charge is 0.340 e. The summed E-state index contributed by atoms with van der Waals surface area (Å²) in [5.41, 5.74) is 0.454. The molecule has 0 heterocycles. The summed E-state index contributed by atoms with van der Waals surface area (Å²) in [5.74, 6) is 4.53. The standard InChI is InChI=1S/C21H28O4/c1-4-7-8-9-12-16-24-20(22)18-14-10-11-15-19(18)21(23)25-17(6-3)13-5-2/h10-11,14-15,17H,4,6-9,12,16H2,1-3H3. The van der Waals surface area contributed by atoms with Crippen molar-refractivity contribution in [3.05, 3.63) is 35.4 Å². The van der Waals surface area contributed by atoms with Crippen LogP contribution in [0.2, 0.25) is 0 Å². The molecule has 1 aromatic carbocycles. The molecular weight excluding hydrogens is 316 g/mol. The second-order valence-electron chi connectivity index (χ2n) is 5.79. The third-order valence-electron chi connectivity index (χ3n) is 3.77. The Morgan fingerprint density at radius 1 is 1.00 bits per heavy atom. The molecule has 4 heteroatoms. The average Bonchev–Trinajstić information content (AvgIpc) is 2.63. The minimum atomic E-state index is -0.551. The largest absolute Gasteiger partial charge is 0.462 e. The van der Waals surface area contributed by atoms with Crippen LogP contribution in [0.3, 0.4) is 0 Å². The lowest BCUT2D eigenvalue weighted by molar-refractivity contribution is 0.0384. The Hall–Kier alpha value is -2.28. The molecule has 4 nitrogen and oxygen atoms in total. The summed E-state index contributed by atoms with van der Waals surface area (Å²) in [4.78, 5) is 24.6. The van der Waals surface area contributed by atoms with Crippen LogP contribution in [-0.4, -0.2) is 24.6 Å². The Bertz CT molecular complexity index is 610. The molecule has 0 spiro atoms. The number of rotatable bonds is 10. The molecule has 0 amide bonds. The van der Waals surface area contributed by atoms with E-state index in [-0.39, 0.29) is 11.1 Å². The van der Waals surface area contributed by atoms with Gasteiger partial charge in [-0.25, -0.2) is 9.59 Å². The van der Waals surface area contributed by atoms with E-state index in [0.717, 1.165) is 19.3 Å². The van der Waals surface area contributed by atoms with Crippen LogP contribution in [0.25, 0.3) is 0 Å². The maximum atomic E-state index is 12.4. The van der Waals surface area contributed by atoms with Crippen molar-refractivity contribution in [2.75, 3.05) is 6.61 Å². The monoisotopic (exact) mass is 344 g/mol. The van der Waals surface area contributed by atoms with E-state index >= 15 is 0 Å². The van der Waals surface area contributed by atoms with Gasteiger partial charge in [-0.1, -0.05) is 57.6 Å². The molecule has 136 valence electrons. The SMILES string of the molecule is CC#CC(CC)OC(=O)c1ccccc1C(=O)OCCCCCCC. The van der Waals surface area contributed by atoms with Gasteiger partial charge in [-0.15, -0.1) is 5.92 Å². The molecule has 1 rings (SSSR count). The van der Waals surface area contributed by atoms with E-state index in [9.17, 15) is 9.59 Å². The minimum absolute atomic E-state index is 0.217. The fraction of sp³-hybridized carbons (Fsp3) is 0.524. The number of benzene rings is 1. The van der Waals surface area contributed by atoms with Gasteiger partial charge in [0.15, 0.2) is 6.10 Å². The molecular formula is C21H28O4. The molecule has 1 unspecified atom stereocenters. The van der Waals surface area contributed by atoms with Crippen molar-refractivity contribution in [3.63, 3.8) is 0 Å². The van der Waals surface area contributed by atoms with Gasteiger partial charge in [-0.2, -0.15) is 0 Å². The molecule has 0 saturated heterocycles. The van der Waals surface area contributed by atoms with Crippen molar-refractivity contribution in [1.82, 2.24) is 0 Å². The van der Waals surface area contributed by atoms with Crippen LogP contribution < -0.4 is 0 Å². The maximum Gasteiger partial charge on any atom is 0.340 e. The van der Waals surface area contributed by atoms with Gasteiger partial charge in [0.05, 0.1) is 17.7 Å². The zero-order valence-corrected chi connectivity index (χ0v) is 15.5. The van der Waals surface area contributed by atoms with Gasteiger partial charge in [-0.3, -0.25) is 0 Å². The number of carbonyl (C=O) groups is 2. The van der Waals surface area contributed by atoms with E-state index in [1.165, 1.54) is 12.8 Å². The van der Waals surface area contributed by atoms with Crippen molar-refractivity contribution in [3.8, 4) is 11.8 Å². The fourth-order valence-electron chi connectivity index (χ4n) is 2.36. The molecule has 0 N–H and O–H groups in total. The number of unbranched alkanes of at least 4 members (excludes halogenated alkanes) is 4. The van der Waals surface area contributed by atoms with E-state index in [2.05, 4.69) is 18.8 Å². The van der Waals surface area contributed by atoms with E-state index in [0.29, 0.717) is 13.0 Å². The molecule has 0 saturated carbocycles. The number of hydrogen-bond acceptors (Lipinski definition) is 4. The second kappa shape index (κ2) is 12.1. The lowest BCUT2D eigenvalue weighted by atomic mass is 10.1. The van der Waals surface area contributed by atoms with Crippen LogP contribution in [0.1, 0.15) is 80.0 Å². The van der Waals surface area contributed by atoms with Gasteiger partial charge in [0.1, 0.15) is 0 Å². The van der Waals surface area contributed by atoms with Crippen molar-refractivity contribution in [2.24, 2.45) is 0 Å². The Labute approximate surface area is 150 Å². The number of hydrogen-bond donors (Lipinski definition) is 0. The maximum absolute atomic E-state index is 12.4. The number of esters is 2. The van der Waals surface area contributed by atoms with Gasteiger partial charge in [-0.05, 0) is 31.9 Å². The minimum Gasteiger partial charge on any atom is -0.462 e. The third-order valence-corrected chi connectivity index (χ3v) is 3.77. The highest BCUT2D eigenvalue weighted by Gasteiger charge is 2.20. The Morgan fingerprint density at radius 2 is 1.64 bits per heavy atom. The van der Waals surface area contributed by atoms with Crippen molar-refractivity contribution in [2.45, 2.75) is 65.4 Å². The first kappa shape index (κ1) is 20.8. The lowest BCUT2D eigenvalue weighted by Gasteiger charge is -2.12. The van der Waals surface area contributed by atoms with E-state index in [1.54, 1.807) is 31.2 Å². The van der Waals surface area contributed by atoms with Gasteiger partial charge in [0, 0.05) is 0 Å². The highest BCUT2D eigenvalue weighted by atomic mass is 16.5. The van der Waals surface area contributed by atoms with Crippen molar-refractivity contribution < 1.29 is 19.1 Å². The fourth-order valence-corrected chi connectivity index (χ4v) is 2.36. The van der Waals surface area contributed by atoms with Gasteiger partial charge < -0.3 is 9.47 Å². The predicted molar refractivity (Wildman–Crippen MR) is 98.4 cm³/mol. The van der Waals surface area contributed by atoms with Crippen molar-refractivity contribution >= 4 is 11.9 Å². The first-order valence-electron chi connectivity index (χ1n) is 9.03. The Kier molecular flexibility index (Phi) is 10.1. The van der Waals surface area contributed by atoms with Crippen LogP contribution in [0.4, 0.5) is 0 Å². The summed E-state index contributed by atoms with van der Waals surface area (Å²) in [6.07, 6.45) is 5.52. The van der Waals surface area contributed by atoms with Crippen LogP contribution in [0.15, 0.2) is 24.3 Å². The van der Waals surface area contributed by atoms with Crippen molar-refractivity contribution in [1.29, 1.82) is 0 Å². The molecule has 0 bridgehead atoms. The lowest BCUT2D eigenvalue weighted by Crippen LogP contribution is -2.19. The van der Waals surface area contributed by atoms with E-state index in [1.807, 2.05) is 6.92 Å². The molecule has 0 fully saturated rings. The number of ether oxygens (including phenoxy) is 2. The summed E-state index contributed by atoms with van der Waals surface area (Å²) in [7, 11) is 0. The van der Waals surface area contributed by atoms with Crippen LogP contribution in [0, 0.1) is 11.8 Å². The Morgan fingerprint density at radius 3 is 2.24 bits per heavy atom. The second-order valence-corrected chi connectivity index (χ2v) is 5.79. The molecule has 0 aliphatic heterocycles. The molecule has 0 aliphatic rings. The van der Waals surface area contributed by atoms with Gasteiger partial charge in [0.25, 0.3) is 0 Å². The zero-order chi connectivity index (χ0) is 18.5. The third kappa shape index (κ3) is 7.43. The molecule has 0 radical (unpaired) electrons. The van der Waals surface area contributed by atoms with Crippen LogP contribution in [0.5, 0.6) is 0 Å². The molecule has 1 aromatic rings. The first-order chi connectivity index (χ1) is 12.1. The summed E-state index contributed by atoms with van der Waals surface area (Å²) in [6.45, 7) is 6.11. The zero-order valence-electron chi connectivity index (χ0n) is 15.5. The molecule has 1 atom stereocenters. The molecule has 0 aromatic heterocycles. The molecule has 0 aliphatic carbocycles. The number of carbonyl (C=O) groups excluding carboxylic acids is 2. The summed E-state index contributed by atoms with van der Waals surface area (Å²) in [6, 6.07) is 6.57. The highest BCUT2D eigenvalue weighted by molar-refractivity contribution is 6.03. The quantitative estimate of drug-likeness (QED) is 0.348. The Balaban J connectivity index is 2.66. The van der Waals surface area contributed by atoms with Crippen LogP contribution in [-0.2, 0) is 9.47 Å². The van der Waals surface area contributed by atoms with Gasteiger partial charge in [0.2, 0.25) is 0 Å². The van der Waals surface area contributed by atoms with Gasteiger partial charge >= 0.3 is 11.9 Å². The first-order valence-corrected chi connectivity index (χ1v) is 9.03. The van der Waals surface area contributed by atoms with E-state index < -0.39 is 18.0 Å². The topological polar surface area (TPSA) is 52.6 Å². The highest BCUT2D eigenvalue weighted by Crippen LogP contribution is 2.14. The summed E-state index contributed by atoms with van der Waals surface area (Å²) in [5, 5.41) is 0. The normalized spacial score (nSPS) is 11.2. The predicted octanol–water partition coefficient (Wildman–Crippen LogP) is 4.77. The summed E-state index contributed by atoms with van der Waals surface area (Å²) >= 11 is 0. The summed E-state index contributed by atoms with van der Waals surface area (Å²) < 4.78 is 10.7. The average molecular weight is 344 g/mol. The van der Waals surface area contributed by atoms with Crippen LogP contribution >= 0.6 is 0 Å². The molecule has 25 heavy (non-hydrogen) atoms.